The number of nitrogens with one attached hydrogen (secondary N) is 1. The van der Waals surface area contributed by atoms with Crippen LogP contribution in [0.3, 0.4) is 0 Å². The lowest BCUT2D eigenvalue weighted by molar-refractivity contribution is -0.127. The molecule has 0 unspecified atom stereocenters. The zero-order valence-corrected chi connectivity index (χ0v) is 25.1. The van der Waals surface area contributed by atoms with Crippen molar-refractivity contribution in [2.45, 2.75) is 25.9 Å². The third-order valence-corrected chi connectivity index (χ3v) is 8.09. The first-order valence-corrected chi connectivity index (χ1v) is 15.0. The molecule has 9 nitrogen and oxygen atoms in total. The minimum atomic E-state index is -0.518. The van der Waals surface area contributed by atoms with Crippen molar-refractivity contribution >= 4 is 39.7 Å². The van der Waals surface area contributed by atoms with Gasteiger partial charge < -0.3 is 24.4 Å². The van der Waals surface area contributed by atoms with E-state index in [1.807, 2.05) is 36.6 Å². The first kappa shape index (κ1) is 29.1. The van der Waals surface area contributed by atoms with E-state index in [-0.39, 0.29) is 17.7 Å². The maximum absolute atomic E-state index is 15.3. The summed E-state index contributed by atoms with van der Waals surface area (Å²) in [7, 11) is 1.56. The van der Waals surface area contributed by atoms with Gasteiger partial charge in [-0.2, -0.15) is 0 Å². The second kappa shape index (κ2) is 12.7. The lowest BCUT2D eigenvalue weighted by Gasteiger charge is -2.31. The number of benzene rings is 3. The van der Waals surface area contributed by atoms with Gasteiger partial charge in [0.1, 0.15) is 29.8 Å². The summed E-state index contributed by atoms with van der Waals surface area (Å²) in [6, 6.07) is 16.2. The summed E-state index contributed by atoms with van der Waals surface area (Å²) >= 11 is 1.34. The highest BCUT2D eigenvalue weighted by molar-refractivity contribution is 7.11. The van der Waals surface area contributed by atoms with Gasteiger partial charge in [-0.05, 0) is 31.2 Å². The summed E-state index contributed by atoms with van der Waals surface area (Å²) in [5.41, 5.74) is 3.78. The summed E-state index contributed by atoms with van der Waals surface area (Å²) in [6.07, 6.45) is 3.97. The number of aryl methyl sites for hydroxylation is 1. The van der Waals surface area contributed by atoms with Crippen molar-refractivity contribution < 1.29 is 23.4 Å². The van der Waals surface area contributed by atoms with E-state index in [0.717, 1.165) is 11.3 Å². The molecule has 0 bridgehead atoms. The van der Waals surface area contributed by atoms with E-state index in [0.29, 0.717) is 65.1 Å². The third kappa shape index (κ3) is 6.32. The molecule has 224 valence electrons. The Hall–Kier alpha value is -5.03. The summed E-state index contributed by atoms with van der Waals surface area (Å²) in [4.78, 5) is 27.0. The number of ether oxygens (including phenoxy) is 3. The van der Waals surface area contributed by atoms with Crippen molar-refractivity contribution in [3.63, 3.8) is 0 Å². The molecule has 0 spiro atoms. The van der Waals surface area contributed by atoms with Crippen LogP contribution in [0.4, 0.5) is 15.9 Å². The number of anilines is 2. The molecule has 1 amide bonds. The molecule has 0 atom stereocenters. The number of methoxy groups -OCH3 is 1. The standard InChI is InChI=1S/C33H30FN5O4S/c1-4-31(40)39-13-11-22(12-14-39)42-30-16-24-27(17-29(30)41-3)35-19-36-32(24)37-26-10-9-23(15-25(26)34)43-33-38-28(18-44-33)21-7-5-20(2)6-8-21/h4-10,15-19,22H,1,11-14H2,2-3H3,(H,35,36,37). The van der Waals surface area contributed by atoms with E-state index in [9.17, 15) is 4.79 Å². The number of thiazole rings is 1. The van der Waals surface area contributed by atoms with E-state index in [4.69, 9.17) is 14.2 Å². The Morgan fingerprint density at radius 3 is 2.61 bits per heavy atom. The average Bonchev–Trinajstić information content (AvgIpc) is 3.51. The molecular formula is C33H30FN5O4S. The van der Waals surface area contributed by atoms with E-state index < -0.39 is 5.82 Å². The number of fused-ring (bicyclic) bond motifs is 1. The zero-order valence-electron chi connectivity index (χ0n) is 24.2. The van der Waals surface area contributed by atoms with Crippen LogP contribution < -0.4 is 19.5 Å². The number of rotatable bonds is 9. The number of halogens is 1. The predicted octanol–water partition coefficient (Wildman–Crippen LogP) is 7.30. The van der Waals surface area contributed by atoms with Crippen LogP contribution in [0.5, 0.6) is 22.4 Å². The quantitative estimate of drug-likeness (QED) is 0.173. The smallest absolute Gasteiger partial charge is 0.279 e. The Morgan fingerprint density at radius 2 is 1.89 bits per heavy atom. The van der Waals surface area contributed by atoms with Crippen molar-refractivity contribution in [3.8, 4) is 33.7 Å². The van der Waals surface area contributed by atoms with Crippen molar-refractivity contribution in [1.82, 2.24) is 19.9 Å². The SMILES string of the molecule is C=CC(=O)N1CCC(Oc2cc3c(Nc4ccc(Oc5nc(-c6ccc(C)cc6)cs5)cc4F)ncnc3cc2OC)CC1. The van der Waals surface area contributed by atoms with Crippen LogP contribution >= 0.6 is 11.3 Å². The number of piperidine rings is 1. The molecule has 1 aliphatic rings. The molecule has 1 fully saturated rings. The summed E-state index contributed by atoms with van der Waals surface area (Å²) < 4.78 is 33.0. The predicted molar refractivity (Wildman–Crippen MR) is 169 cm³/mol. The molecule has 0 saturated carbocycles. The van der Waals surface area contributed by atoms with Gasteiger partial charge in [-0.3, -0.25) is 4.79 Å². The van der Waals surface area contributed by atoms with Crippen LogP contribution in [-0.2, 0) is 4.79 Å². The van der Waals surface area contributed by atoms with Crippen molar-refractivity contribution in [2.24, 2.45) is 0 Å². The van der Waals surface area contributed by atoms with Crippen LogP contribution in [0.1, 0.15) is 18.4 Å². The van der Waals surface area contributed by atoms with Gasteiger partial charge in [0.25, 0.3) is 5.19 Å². The molecule has 1 aliphatic heterocycles. The maximum atomic E-state index is 15.3. The minimum Gasteiger partial charge on any atom is -0.493 e. The molecule has 0 aliphatic carbocycles. The van der Waals surface area contributed by atoms with Crippen molar-refractivity contribution in [1.29, 1.82) is 0 Å². The second-order valence-corrected chi connectivity index (χ2v) is 11.1. The fraction of sp³-hybridized carbons (Fsp3) is 0.212. The lowest BCUT2D eigenvalue weighted by Crippen LogP contribution is -2.41. The van der Waals surface area contributed by atoms with Crippen LogP contribution in [0.15, 0.2) is 79.0 Å². The Morgan fingerprint density at radius 1 is 1.09 bits per heavy atom. The van der Waals surface area contributed by atoms with E-state index in [2.05, 4.69) is 26.8 Å². The second-order valence-electron chi connectivity index (χ2n) is 10.3. The van der Waals surface area contributed by atoms with Gasteiger partial charge >= 0.3 is 0 Å². The van der Waals surface area contributed by atoms with Crippen molar-refractivity contribution in [2.75, 3.05) is 25.5 Å². The first-order chi connectivity index (χ1) is 21.4. The Bertz CT molecular complexity index is 1820. The third-order valence-electron chi connectivity index (χ3n) is 7.37. The largest absolute Gasteiger partial charge is 0.493 e. The molecule has 0 radical (unpaired) electrons. The summed E-state index contributed by atoms with van der Waals surface area (Å²) in [6.45, 7) is 6.76. The fourth-order valence-electron chi connectivity index (χ4n) is 4.97. The van der Waals surface area contributed by atoms with Crippen LogP contribution in [0, 0.1) is 12.7 Å². The fourth-order valence-corrected chi connectivity index (χ4v) is 5.66. The molecule has 11 heteroatoms. The van der Waals surface area contributed by atoms with E-state index in [1.165, 1.54) is 35.4 Å². The highest BCUT2D eigenvalue weighted by atomic mass is 32.1. The van der Waals surface area contributed by atoms with Crippen LogP contribution in [0.2, 0.25) is 0 Å². The molecule has 3 aromatic carbocycles. The molecule has 2 aromatic heterocycles. The number of carbonyl (C=O) groups is 1. The molecular weight excluding hydrogens is 581 g/mol. The molecule has 44 heavy (non-hydrogen) atoms. The number of hydrogen-bond donors (Lipinski definition) is 1. The van der Waals surface area contributed by atoms with E-state index in [1.54, 1.807) is 36.3 Å². The number of nitrogens with zero attached hydrogens (tertiary/aromatic N) is 4. The molecule has 6 rings (SSSR count). The number of likely N-dealkylation sites (tertiary alicyclic amines) is 1. The summed E-state index contributed by atoms with van der Waals surface area (Å²) in [5, 5.41) is 6.05. The average molecular weight is 612 g/mol. The molecule has 1 saturated heterocycles. The molecule has 1 N–H and O–H groups in total. The normalized spacial score (nSPS) is 13.5. The zero-order chi connectivity index (χ0) is 30.6. The molecule has 3 heterocycles. The topological polar surface area (TPSA) is 98.7 Å². The molecule has 5 aromatic rings. The van der Waals surface area contributed by atoms with Gasteiger partial charge in [0, 0.05) is 54.4 Å². The Balaban J connectivity index is 1.18. The van der Waals surface area contributed by atoms with Gasteiger partial charge in [-0.1, -0.05) is 47.7 Å². The Labute approximate surface area is 258 Å². The van der Waals surface area contributed by atoms with E-state index >= 15 is 4.39 Å². The monoisotopic (exact) mass is 611 g/mol. The Kier molecular flexibility index (Phi) is 8.38. The highest BCUT2D eigenvalue weighted by Crippen LogP contribution is 2.37. The van der Waals surface area contributed by atoms with Crippen LogP contribution in [-0.4, -0.2) is 52.1 Å². The summed E-state index contributed by atoms with van der Waals surface area (Å²) in [5.74, 6) is 1.17. The number of aromatic nitrogens is 3. The van der Waals surface area contributed by atoms with Gasteiger partial charge in [-0.25, -0.2) is 19.3 Å². The lowest BCUT2D eigenvalue weighted by atomic mass is 10.1. The number of amides is 1. The number of hydrogen-bond acceptors (Lipinski definition) is 9. The van der Waals surface area contributed by atoms with Crippen molar-refractivity contribution in [3.05, 3.63) is 90.3 Å². The first-order valence-electron chi connectivity index (χ1n) is 14.1. The number of carbonyl (C=O) groups excluding carboxylic acids is 1. The highest BCUT2D eigenvalue weighted by Gasteiger charge is 2.24. The van der Waals surface area contributed by atoms with Crippen LogP contribution in [0.25, 0.3) is 22.2 Å². The minimum absolute atomic E-state index is 0.0816. The van der Waals surface area contributed by atoms with Gasteiger partial charge in [0.2, 0.25) is 5.91 Å². The van der Waals surface area contributed by atoms with Gasteiger partial charge in [0.05, 0.1) is 24.0 Å². The van der Waals surface area contributed by atoms with Gasteiger partial charge in [0.15, 0.2) is 11.5 Å². The van der Waals surface area contributed by atoms with Gasteiger partial charge in [-0.15, -0.1) is 0 Å². The maximum Gasteiger partial charge on any atom is 0.279 e.